The van der Waals surface area contributed by atoms with Crippen LogP contribution >= 0.6 is 46.1 Å². The quantitative estimate of drug-likeness (QED) is 0.542. The van der Waals surface area contributed by atoms with Crippen molar-refractivity contribution in [2.45, 2.75) is 0 Å². The third-order valence-electron chi connectivity index (χ3n) is 3.47. The van der Waals surface area contributed by atoms with E-state index >= 15 is 0 Å². The van der Waals surface area contributed by atoms with Gasteiger partial charge in [0.1, 0.15) is 4.88 Å². The van der Waals surface area contributed by atoms with Crippen LogP contribution in [0.4, 0.5) is 5.69 Å². The molecule has 0 unspecified atom stereocenters. The Morgan fingerprint density at radius 3 is 2.52 bits per heavy atom. The van der Waals surface area contributed by atoms with Crippen LogP contribution in [-0.4, -0.2) is 18.5 Å². The summed E-state index contributed by atoms with van der Waals surface area (Å²) in [5.74, 6) is -1.25. The molecular formula is C18H9Cl3N2O3S. The van der Waals surface area contributed by atoms with Crippen LogP contribution in [0, 0.1) is 11.3 Å². The zero-order chi connectivity index (χ0) is 19.6. The Balaban J connectivity index is 1.67. The molecule has 0 saturated heterocycles. The van der Waals surface area contributed by atoms with E-state index in [9.17, 15) is 9.59 Å². The second-order valence-electron chi connectivity index (χ2n) is 5.32. The van der Waals surface area contributed by atoms with Gasteiger partial charge in [0.2, 0.25) is 0 Å². The maximum Gasteiger partial charge on any atom is 0.350 e. The summed E-state index contributed by atoms with van der Waals surface area (Å²) in [5.41, 5.74) is 0.953. The number of halogens is 3. The molecule has 0 aliphatic heterocycles. The lowest BCUT2D eigenvalue weighted by atomic mass is 10.2. The fraction of sp³-hybridized carbons (Fsp3) is 0.0556. The summed E-state index contributed by atoms with van der Waals surface area (Å²) in [5, 5.41) is 12.7. The van der Waals surface area contributed by atoms with Crippen molar-refractivity contribution in [1.82, 2.24) is 0 Å². The first-order chi connectivity index (χ1) is 12.9. The van der Waals surface area contributed by atoms with Gasteiger partial charge in [0.05, 0.1) is 21.7 Å². The van der Waals surface area contributed by atoms with Crippen molar-refractivity contribution >= 4 is 73.8 Å². The molecule has 9 heteroatoms. The fourth-order valence-corrected chi connectivity index (χ4v) is 4.53. The molecule has 1 aromatic heterocycles. The summed E-state index contributed by atoms with van der Waals surface area (Å²) >= 11 is 19.4. The van der Waals surface area contributed by atoms with Crippen LogP contribution in [-0.2, 0) is 9.53 Å². The van der Waals surface area contributed by atoms with E-state index in [4.69, 9.17) is 44.8 Å². The van der Waals surface area contributed by atoms with E-state index in [2.05, 4.69) is 5.32 Å². The van der Waals surface area contributed by atoms with E-state index in [-0.39, 0.29) is 9.90 Å². The van der Waals surface area contributed by atoms with Gasteiger partial charge in [-0.25, -0.2) is 4.79 Å². The molecule has 0 aliphatic carbocycles. The summed E-state index contributed by atoms with van der Waals surface area (Å²) < 4.78 is 5.68. The van der Waals surface area contributed by atoms with E-state index in [1.165, 1.54) is 6.07 Å². The van der Waals surface area contributed by atoms with Gasteiger partial charge >= 0.3 is 5.97 Å². The molecule has 0 fully saturated rings. The van der Waals surface area contributed by atoms with Crippen molar-refractivity contribution in [2.24, 2.45) is 0 Å². The number of thiophene rings is 1. The van der Waals surface area contributed by atoms with Gasteiger partial charge in [0.15, 0.2) is 6.61 Å². The number of nitrogens with zero attached hydrogens (tertiary/aromatic N) is 1. The van der Waals surface area contributed by atoms with Gasteiger partial charge < -0.3 is 10.1 Å². The Morgan fingerprint density at radius 1 is 1.15 bits per heavy atom. The van der Waals surface area contributed by atoms with Crippen molar-refractivity contribution in [3.63, 3.8) is 0 Å². The first-order valence-corrected chi connectivity index (χ1v) is 9.38. The second-order valence-corrected chi connectivity index (χ2v) is 7.59. The zero-order valence-corrected chi connectivity index (χ0v) is 16.5. The Bertz CT molecular complexity index is 1090. The van der Waals surface area contributed by atoms with Crippen LogP contribution in [0.15, 0.2) is 36.4 Å². The van der Waals surface area contributed by atoms with Gasteiger partial charge in [0, 0.05) is 20.8 Å². The molecule has 0 spiro atoms. The molecular weight excluding hydrogens is 431 g/mol. The molecule has 5 nitrogen and oxygen atoms in total. The highest BCUT2D eigenvalue weighted by atomic mass is 35.5. The Labute approximate surface area is 173 Å². The normalized spacial score (nSPS) is 10.4. The third-order valence-corrected chi connectivity index (χ3v) is 5.59. The molecule has 1 heterocycles. The predicted molar refractivity (Wildman–Crippen MR) is 107 cm³/mol. The Hall–Kier alpha value is -2.30. The number of nitrogens with one attached hydrogen (secondary N) is 1. The van der Waals surface area contributed by atoms with Gasteiger partial charge in [-0.2, -0.15) is 5.26 Å². The molecule has 1 N–H and O–H groups in total. The van der Waals surface area contributed by atoms with Gasteiger partial charge in [0.25, 0.3) is 5.91 Å². The first-order valence-electron chi connectivity index (χ1n) is 7.43. The summed E-state index contributed by atoms with van der Waals surface area (Å²) in [4.78, 5) is 24.4. The van der Waals surface area contributed by atoms with Crippen LogP contribution in [0.5, 0.6) is 0 Å². The Morgan fingerprint density at radius 2 is 1.85 bits per heavy atom. The van der Waals surface area contributed by atoms with Crippen molar-refractivity contribution in [2.75, 3.05) is 11.9 Å². The van der Waals surface area contributed by atoms with Crippen LogP contribution in [0.1, 0.15) is 15.2 Å². The topological polar surface area (TPSA) is 79.2 Å². The minimum Gasteiger partial charge on any atom is -0.451 e. The van der Waals surface area contributed by atoms with E-state index in [1.807, 2.05) is 6.07 Å². The molecule has 1 amide bonds. The molecule has 3 rings (SSSR count). The van der Waals surface area contributed by atoms with Gasteiger partial charge in [-0.15, -0.1) is 11.3 Å². The summed E-state index contributed by atoms with van der Waals surface area (Å²) in [6.07, 6.45) is 0. The number of ether oxygens (including phenoxy) is 1. The fourth-order valence-electron chi connectivity index (χ4n) is 2.26. The number of hydrogen-bond donors (Lipinski definition) is 1. The maximum absolute atomic E-state index is 12.3. The van der Waals surface area contributed by atoms with E-state index in [0.29, 0.717) is 31.4 Å². The summed E-state index contributed by atoms with van der Waals surface area (Å²) in [6, 6.07) is 11.4. The molecule has 0 radical (unpaired) electrons. The summed E-state index contributed by atoms with van der Waals surface area (Å²) in [6.45, 7) is -0.488. The minimum atomic E-state index is -0.733. The molecule has 0 aliphatic rings. The number of rotatable bonds is 4. The van der Waals surface area contributed by atoms with Crippen LogP contribution in [0.25, 0.3) is 10.1 Å². The SMILES string of the molecule is N#Cc1ccc(NC(=O)COC(=O)c2sc3cc(Cl)cc(Cl)c3c2Cl)cc1. The van der Waals surface area contributed by atoms with Crippen molar-refractivity contribution < 1.29 is 14.3 Å². The first kappa shape index (κ1) is 19.5. The van der Waals surface area contributed by atoms with Crippen LogP contribution < -0.4 is 5.32 Å². The number of benzene rings is 2. The smallest absolute Gasteiger partial charge is 0.350 e. The molecule has 27 heavy (non-hydrogen) atoms. The number of carbonyl (C=O) groups excluding carboxylic acids is 2. The van der Waals surface area contributed by atoms with Crippen molar-refractivity contribution in [3.8, 4) is 6.07 Å². The number of anilines is 1. The number of nitriles is 1. The molecule has 0 atom stereocenters. The highest BCUT2D eigenvalue weighted by Crippen LogP contribution is 2.41. The predicted octanol–water partition coefficient (Wildman–Crippen LogP) is 5.53. The number of carbonyl (C=O) groups is 2. The van der Waals surface area contributed by atoms with Crippen LogP contribution in [0.3, 0.4) is 0 Å². The Kier molecular flexibility index (Phi) is 5.88. The number of fused-ring (bicyclic) bond motifs is 1. The highest BCUT2D eigenvalue weighted by Gasteiger charge is 2.21. The maximum atomic E-state index is 12.3. The molecule has 136 valence electrons. The number of esters is 1. The lowest BCUT2D eigenvalue weighted by Crippen LogP contribution is -2.20. The van der Waals surface area contributed by atoms with Crippen molar-refractivity contribution in [3.05, 3.63) is 61.9 Å². The third kappa shape index (κ3) is 4.34. The number of amides is 1. The van der Waals surface area contributed by atoms with Crippen molar-refractivity contribution in [1.29, 1.82) is 5.26 Å². The monoisotopic (exact) mass is 438 g/mol. The lowest BCUT2D eigenvalue weighted by molar-refractivity contribution is -0.119. The van der Waals surface area contributed by atoms with E-state index < -0.39 is 18.5 Å². The molecule has 0 saturated carbocycles. The van der Waals surface area contributed by atoms with Gasteiger partial charge in [-0.05, 0) is 36.4 Å². The number of hydrogen-bond acceptors (Lipinski definition) is 5. The second kappa shape index (κ2) is 8.15. The zero-order valence-electron chi connectivity index (χ0n) is 13.4. The molecule has 2 aromatic carbocycles. The average Bonchev–Trinajstić information content (AvgIpc) is 2.97. The highest BCUT2D eigenvalue weighted by molar-refractivity contribution is 7.21. The molecule has 0 bridgehead atoms. The largest absolute Gasteiger partial charge is 0.451 e. The summed E-state index contributed by atoms with van der Waals surface area (Å²) in [7, 11) is 0. The molecule has 3 aromatic rings. The van der Waals surface area contributed by atoms with Gasteiger partial charge in [-0.1, -0.05) is 34.8 Å². The van der Waals surface area contributed by atoms with Gasteiger partial charge in [-0.3, -0.25) is 4.79 Å². The minimum absolute atomic E-state index is 0.141. The van der Waals surface area contributed by atoms with Crippen LogP contribution in [0.2, 0.25) is 15.1 Å². The average molecular weight is 440 g/mol. The lowest BCUT2D eigenvalue weighted by Gasteiger charge is -2.06. The van der Waals surface area contributed by atoms with E-state index in [0.717, 1.165) is 11.3 Å². The standard InChI is InChI=1S/C18H9Cl3N2O3S/c19-10-5-12(20)15-13(6-10)27-17(16(15)21)18(25)26-8-14(24)23-11-3-1-9(7-22)2-4-11/h1-6H,8H2,(H,23,24). The van der Waals surface area contributed by atoms with E-state index in [1.54, 1.807) is 30.3 Å².